The van der Waals surface area contributed by atoms with Gasteiger partial charge < -0.3 is 15.5 Å². The van der Waals surface area contributed by atoms with Gasteiger partial charge >= 0.3 is 0 Å². The second kappa shape index (κ2) is 6.53. The molecule has 0 radical (unpaired) electrons. The molecule has 0 saturated carbocycles. The van der Waals surface area contributed by atoms with Crippen LogP contribution >= 0.6 is 11.5 Å². The zero-order valence-electron chi connectivity index (χ0n) is 12.6. The zero-order valence-corrected chi connectivity index (χ0v) is 13.4. The van der Waals surface area contributed by atoms with Gasteiger partial charge in [-0.15, -0.1) is 0 Å². The molecule has 6 nitrogen and oxygen atoms in total. The minimum absolute atomic E-state index is 0.101. The number of benzene rings is 1. The summed E-state index contributed by atoms with van der Waals surface area (Å²) in [6.07, 6.45) is 0. The first kappa shape index (κ1) is 15.2. The summed E-state index contributed by atoms with van der Waals surface area (Å²) in [5.74, 6) is 0.615. The lowest BCUT2D eigenvalue weighted by Crippen LogP contribution is -2.21. The van der Waals surface area contributed by atoms with E-state index < -0.39 is 0 Å². The first-order valence-electron chi connectivity index (χ1n) is 6.58. The molecule has 0 aliphatic carbocycles. The summed E-state index contributed by atoms with van der Waals surface area (Å²) in [7, 11) is 5.49. The quantitative estimate of drug-likeness (QED) is 0.882. The highest BCUT2D eigenvalue weighted by molar-refractivity contribution is 7.09. The van der Waals surface area contributed by atoms with Gasteiger partial charge in [0.15, 0.2) is 5.82 Å². The van der Waals surface area contributed by atoms with Crippen LogP contribution < -0.4 is 15.5 Å². The smallest absolute Gasteiger partial charge is 0.253 e. The lowest BCUT2D eigenvalue weighted by molar-refractivity contribution is 0.0963. The Bertz CT molecular complexity index is 638. The van der Waals surface area contributed by atoms with Gasteiger partial charge in [0.1, 0.15) is 0 Å². The number of aromatic nitrogens is 2. The monoisotopic (exact) mass is 305 g/mol. The van der Waals surface area contributed by atoms with E-state index in [1.165, 1.54) is 11.5 Å². The molecule has 0 aliphatic heterocycles. The number of nitrogens with one attached hydrogen (secondary N) is 2. The number of hydrogen-bond acceptors (Lipinski definition) is 6. The van der Waals surface area contributed by atoms with Crippen molar-refractivity contribution in [1.82, 2.24) is 14.7 Å². The third kappa shape index (κ3) is 3.49. The fraction of sp³-hybridized carbons (Fsp3) is 0.357. The predicted molar refractivity (Wildman–Crippen MR) is 86.1 cm³/mol. The van der Waals surface area contributed by atoms with Gasteiger partial charge in [-0.3, -0.25) is 4.79 Å². The van der Waals surface area contributed by atoms with Crippen molar-refractivity contribution in [2.75, 3.05) is 31.4 Å². The van der Waals surface area contributed by atoms with Gasteiger partial charge in [-0.2, -0.15) is 4.37 Å². The van der Waals surface area contributed by atoms with Gasteiger partial charge in [-0.05, 0) is 18.6 Å². The Labute approximate surface area is 128 Å². The van der Waals surface area contributed by atoms with Crippen LogP contribution in [0.25, 0.3) is 0 Å². The minimum Gasteiger partial charge on any atom is -0.377 e. The summed E-state index contributed by atoms with van der Waals surface area (Å²) in [4.78, 5) is 18.3. The van der Waals surface area contributed by atoms with E-state index in [2.05, 4.69) is 20.0 Å². The van der Waals surface area contributed by atoms with Gasteiger partial charge in [0, 0.05) is 38.4 Å². The fourth-order valence-corrected chi connectivity index (χ4v) is 2.52. The Kier molecular flexibility index (Phi) is 4.74. The number of hydrogen-bond donors (Lipinski definition) is 2. The molecule has 2 aromatic rings. The van der Waals surface area contributed by atoms with E-state index >= 15 is 0 Å². The van der Waals surface area contributed by atoms with Crippen molar-refractivity contribution in [2.45, 2.75) is 13.5 Å². The molecule has 1 aromatic carbocycles. The van der Waals surface area contributed by atoms with E-state index in [4.69, 9.17) is 0 Å². The maximum absolute atomic E-state index is 12.0. The van der Waals surface area contributed by atoms with Crippen molar-refractivity contribution >= 4 is 28.3 Å². The maximum atomic E-state index is 12.0. The molecule has 112 valence electrons. The normalized spacial score (nSPS) is 10.3. The molecular weight excluding hydrogens is 286 g/mol. The second-order valence-corrected chi connectivity index (χ2v) is 5.55. The summed E-state index contributed by atoms with van der Waals surface area (Å²) in [6, 6.07) is 5.72. The van der Waals surface area contributed by atoms with Crippen molar-refractivity contribution in [1.29, 1.82) is 0 Å². The van der Waals surface area contributed by atoms with E-state index in [-0.39, 0.29) is 5.91 Å². The lowest BCUT2D eigenvalue weighted by Gasteiger charge is -2.12. The first-order valence-corrected chi connectivity index (χ1v) is 7.35. The molecule has 2 rings (SSSR count). The second-order valence-electron chi connectivity index (χ2n) is 4.82. The zero-order chi connectivity index (χ0) is 15.4. The van der Waals surface area contributed by atoms with Crippen molar-refractivity contribution in [3.05, 3.63) is 35.2 Å². The highest BCUT2D eigenvalue weighted by Crippen LogP contribution is 2.21. The summed E-state index contributed by atoms with van der Waals surface area (Å²) in [6.45, 7) is 2.40. The number of carbonyl (C=O) groups is 1. The van der Waals surface area contributed by atoms with Crippen LogP contribution in [0.3, 0.4) is 0 Å². The molecule has 21 heavy (non-hydrogen) atoms. The number of carbonyl (C=O) groups excluding carboxylic acids is 1. The molecule has 7 heteroatoms. The lowest BCUT2D eigenvalue weighted by atomic mass is 10.1. The van der Waals surface area contributed by atoms with Crippen LogP contribution in [0.4, 0.5) is 10.8 Å². The van der Waals surface area contributed by atoms with E-state index in [1.807, 2.05) is 44.1 Å². The van der Waals surface area contributed by atoms with Crippen LogP contribution in [0, 0.1) is 6.92 Å². The average molecular weight is 305 g/mol. The van der Waals surface area contributed by atoms with Crippen molar-refractivity contribution < 1.29 is 4.79 Å². The molecule has 0 aliphatic rings. The summed E-state index contributed by atoms with van der Waals surface area (Å²) in [5.41, 5.74) is 2.37. The minimum atomic E-state index is -0.101. The van der Waals surface area contributed by atoms with Crippen molar-refractivity contribution in [2.24, 2.45) is 0 Å². The number of anilines is 2. The Morgan fingerprint density at radius 2 is 2.14 bits per heavy atom. The number of rotatable bonds is 5. The van der Waals surface area contributed by atoms with E-state index in [0.717, 1.165) is 16.4 Å². The van der Waals surface area contributed by atoms with Crippen LogP contribution in [0.1, 0.15) is 21.7 Å². The van der Waals surface area contributed by atoms with Crippen molar-refractivity contribution in [3.63, 3.8) is 0 Å². The largest absolute Gasteiger partial charge is 0.377 e. The molecular formula is C14H19N5OS. The summed E-state index contributed by atoms with van der Waals surface area (Å²) in [5, 5.41) is 6.77. The van der Waals surface area contributed by atoms with E-state index in [0.29, 0.717) is 17.9 Å². The van der Waals surface area contributed by atoms with Crippen molar-refractivity contribution in [3.8, 4) is 0 Å². The molecule has 1 aromatic heterocycles. The molecule has 1 heterocycles. The number of nitrogens with zero attached hydrogens (tertiary/aromatic N) is 3. The molecule has 0 saturated heterocycles. The first-order chi connectivity index (χ1) is 10.0. The third-order valence-electron chi connectivity index (χ3n) is 3.00. The molecule has 1 amide bonds. The van der Waals surface area contributed by atoms with E-state index in [9.17, 15) is 4.79 Å². The third-order valence-corrected chi connectivity index (χ3v) is 3.93. The van der Waals surface area contributed by atoms with Crippen LogP contribution in [0.5, 0.6) is 0 Å². The summed E-state index contributed by atoms with van der Waals surface area (Å²) >= 11 is 1.36. The van der Waals surface area contributed by atoms with Crippen LogP contribution in [0.15, 0.2) is 18.2 Å². The Hall–Kier alpha value is -2.15. The standard InChI is InChI=1S/C14H19N5OS/c1-9-6-5-7-10(12(9)13(20)15-2)16-8-11-17-14(19(3)4)21-18-11/h5-7,16H,8H2,1-4H3,(H,15,20). The Morgan fingerprint density at radius 1 is 1.38 bits per heavy atom. The number of amides is 1. The molecule has 0 spiro atoms. The molecule has 2 N–H and O–H groups in total. The topological polar surface area (TPSA) is 70.2 Å². The molecule has 0 atom stereocenters. The highest BCUT2D eigenvalue weighted by Gasteiger charge is 2.13. The molecule has 0 bridgehead atoms. The van der Waals surface area contributed by atoms with Crippen LogP contribution in [0.2, 0.25) is 0 Å². The molecule has 0 unspecified atom stereocenters. The van der Waals surface area contributed by atoms with E-state index in [1.54, 1.807) is 7.05 Å². The maximum Gasteiger partial charge on any atom is 0.253 e. The van der Waals surface area contributed by atoms with Gasteiger partial charge in [-0.25, -0.2) is 4.98 Å². The van der Waals surface area contributed by atoms with Crippen LogP contribution in [-0.2, 0) is 6.54 Å². The molecule has 0 fully saturated rings. The van der Waals surface area contributed by atoms with Gasteiger partial charge in [0.05, 0.1) is 12.1 Å². The van der Waals surface area contributed by atoms with Gasteiger partial charge in [0.2, 0.25) is 5.13 Å². The Balaban J connectivity index is 2.16. The van der Waals surface area contributed by atoms with Gasteiger partial charge in [0.25, 0.3) is 5.91 Å². The fourth-order valence-electron chi connectivity index (χ4n) is 1.91. The Morgan fingerprint density at radius 3 is 2.76 bits per heavy atom. The predicted octanol–water partition coefficient (Wildman–Crippen LogP) is 1.88. The average Bonchev–Trinajstić information content (AvgIpc) is 2.93. The highest BCUT2D eigenvalue weighted by atomic mass is 32.1. The summed E-state index contributed by atoms with van der Waals surface area (Å²) < 4.78 is 4.30. The number of aryl methyl sites for hydroxylation is 1. The SMILES string of the molecule is CNC(=O)c1c(C)cccc1NCc1nsc(N(C)C)n1. The van der Waals surface area contributed by atoms with Crippen LogP contribution in [-0.4, -0.2) is 36.4 Å². The van der Waals surface area contributed by atoms with Gasteiger partial charge in [-0.1, -0.05) is 12.1 Å².